The van der Waals surface area contributed by atoms with Crippen molar-refractivity contribution in [3.63, 3.8) is 0 Å². The van der Waals surface area contributed by atoms with Gasteiger partial charge in [-0.3, -0.25) is 14.8 Å². The third-order valence-corrected chi connectivity index (χ3v) is 1.65. The van der Waals surface area contributed by atoms with E-state index in [1.165, 1.54) is 4.68 Å². The zero-order chi connectivity index (χ0) is 8.59. The Labute approximate surface area is 64.6 Å². The van der Waals surface area contributed by atoms with Gasteiger partial charge >= 0.3 is 5.69 Å². The second-order valence-corrected chi connectivity index (χ2v) is 2.40. The van der Waals surface area contributed by atoms with Gasteiger partial charge in [-0.2, -0.15) is 5.10 Å². The predicted octanol–water partition coefficient (Wildman–Crippen LogP) is -1.10. The fourth-order valence-electron chi connectivity index (χ4n) is 1.03. The lowest BCUT2D eigenvalue weighted by Crippen LogP contribution is -2.17. The molecule has 0 radical (unpaired) electrons. The molecule has 5 nitrogen and oxygen atoms in total. The maximum Gasteiger partial charge on any atom is 0.302 e. The van der Waals surface area contributed by atoms with E-state index in [0.29, 0.717) is 11.3 Å². The highest BCUT2D eigenvalue weighted by Gasteiger charge is 2.18. The third kappa shape index (κ3) is 1.11. The summed E-state index contributed by atoms with van der Waals surface area (Å²) < 4.78 is 1.51. The highest BCUT2D eigenvalue weighted by Crippen LogP contribution is 2.10. The van der Waals surface area contributed by atoms with Crippen LogP contribution < -0.4 is 5.59 Å². The van der Waals surface area contributed by atoms with Gasteiger partial charge in [0.25, 0.3) is 0 Å². The van der Waals surface area contributed by atoms with Gasteiger partial charge in [-0.1, -0.05) is 0 Å². The predicted molar refractivity (Wildman–Crippen MR) is 42.8 cm³/mol. The lowest BCUT2D eigenvalue weighted by atomic mass is 10.0. The van der Waals surface area contributed by atoms with Crippen LogP contribution in [0.1, 0.15) is 5.69 Å². The molecular formula is C5H8BN3O2. The fraction of sp³-hybridized carbons (Fsp3) is 0.400. The SMILES string of the molecule is Bc1c([N+](=O)[O-])c(C)nn1C. The van der Waals surface area contributed by atoms with Crippen LogP contribution >= 0.6 is 0 Å². The van der Waals surface area contributed by atoms with Gasteiger partial charge in [-0.15, -0.1) is 0 Å². The maximum atomic E-state index is 10.4. The first-order valence-corrected chi connectivity index (χ1v) is 3.18. The van der Waals surface area contributed by atoms with E-state index in [9.17, 15) is 10.1 Å². The van der Waals surface area contributed by atoms with E-state index in [2.05, 4.69) is 5.10 Å². The Morgan fingerprint density at radius 3 is 2.45 bits per heavy atom. The van der Waals surface area contributed by atoms with Crippen LogP contribution in [0.25, 0.3) is 0 Å². The summed E-state index contributed by atoms with van der Waals surface area (Å²) in [6, 6.07) is 0. The van der Waals surface area contributed by atoms with Crippen LogP contribution in [0.5, 0.6) is 0 Å². The summed E-state index contributed by atoms with van der Waals surface area (Å²) in [6.45, 7) is 1.63. The van der Waals surface area contributed by atoms with E-state index in [1.54, 1.807) is 21.8 Å². The van der Waals surface area contributed by atoms with Gasteiger partial charge in [0.15, 0.2) is 7.85 Å². The molecule has 0 atom stereocenters. The average molecular weight is 153 g/mol. The summed E-state index contributed by atoms with van der Waals surface area (Å²) in [5.41, 5.74) is 1.18. The molecule has 0 aliphatic carbocycles. The van der Waals surface area contributed by atoms with Crippen LogP contribution in [0.2, 0.25) is 0 Å². The van der Waals surface area contributed by atoms with Gasteiger partial charge in [0.1, 0.15) is 5.69 Å². The molecule has 6 heteroatoms. The number of rotatable bonds is 1. The highest BCUT2D eigenvalue weighted by molar-refractivity contribution is 6.33. The van der Waals surface area contributed by atoms with Crippen molar-refractivity contribution in [2.75, 3.05) is 0 Å². The van der Waals surface area contributed by atoms with Gasteiger partial charge in [0, 0.05) is 7.05 Å². The Kier molecular flexibility index (Phi) is 1.68. The van der Waals surface area contributed by atoms with Crippen molar-refractivity contribution in [1.82, 2.24) is 9.78 Å². The lowest BCUT2D eigenvalue weighted by molar-refractivity contribution is -0.384. The van der Waals surface area contributed by atoms with Crippen molar-refractivity contribution >= 4 is 19.1 Å². The van der Waals surface area contributed by atoms with Gasteiger partial charge in [0.2, 0.25) is 0 Å². The lowest BCUT2D eigenvalue weighted by Gasteiger charge is -1.90. The Bertz CT molecular complexity index is 307. The largest absolute Gasteiger partial charge is 0.302 e. The standard InChI is InChI=1S/C5H8BN3O2/c1-3-4(9(10)11)5(6)8(2)7-3/h6H2,1-2H3. The maximum absolute atomic E-state index is 10.4. The number of aromatic nitrogens is 2. The quantitative estimate of drug-likeness (QED) is 0.292. The van der Waals surface area contributed by atoms with E-state index in [-0.39, 0.29) is 5.69 Å². The zero-order valence-corrected chi connectivity index (χ0v) is 6.66. The van der Waals surface area contributed by atoms with E-state index in [1.807, 2.05) is 0 Å². The Balaban J connectivity index is 3.34. The molecule has 0 aromatic carbocycles. The topological polar surface area (TPSA) is 61.0 Å². The van der Waals surface area contributed by atoms with Crippen LogP contribution in [0.4, 0.5) is 5.69 Å². The van der Waals surface area contributed by atoms with E-state index in [0.717, 1.165) is 0 Å². The Hall–Kier alpha value is -1.33. The minimum Gasteiger partial charge on any atom is -0.275 e. The molecule has 0 amide bonds. The highest BCUT2D eigenvalue weighted by atomic mass is 16.6. The molecule has 1 heterocycles. The Morgan fingerprint density at radius 1 is 1.73 bits per heavy atom. The molecule has 0 bridgehead atoms. The first kappa shape index (κ1) is 7.78. The number of nitro groups is 1. The second-order valence-electron chi connectivity index (χ2n) is 2.40. The van der Waals surface area contributed by atoms with Gasteiger partial charge in [-0.25, -0.2) is 0 Å². The van der Waals surface area contributed by atoms with Gasteiger partial charge in [0.05, 0.1) is 10.5 Å². The van der Waals surface area contributed by atoms with Crippen molar-refractivity contribution in [2.24, 2.45) is 7.05 Å². The molecule has 0 aliphatic rings. The molecule has 0 saturated carbocycles. The first-order valence-electron chi connectivity index (χ1n) is 3.18. The summed E-state index contributed by atoms with van der Waals surface area (Å²) in [6.07, 6.45) is 0. The zero-order valence-electron chi connectivity index (χ0n) is 6.66. The minimum atomic E-state index is -0.405. The minimum absolute atomic E-state index is 0.118. The fourth-order valence-corrected chi connectivity index (χ4v) is 1.03. The second kappa shape index (κ2) is 2.37. The summed E-state index contributed by atoms with van der Waals surface area (Å²) in [5, 5.41) is 14.3. The summed E-state index contributed by atoms with van der Waals surface area (Å²) in [5.74, 6) is 0. The molecule has 0 aliphatic heterocycles. The molecule has 1 aromatic heterocycles. The molecule has 58 valence electrons. The molecule has 0 N–H and O–H groups in total. The molecule has 0 unspecified atom stereocenters. The number of aryl methyl sites for hydroxylation is 2. The van der Waals surface area contributed by atoms with Crippen LogP contribution in [0.15, 0.2) is 0 Å². The number of nitrogens with zero attached hydrogens (tertiary/aromatic N) is 3. The molecule has 1 rings (SSSR count). The summed E-state index contributed by atoms with van der Waals surface area (Å²) in [4.78, 5) is 10.0. The van der Waals surface area contributed by atoms with E-state index in [4.69, 9.17) is 0 Å². The van der Waals surface area contributed by atoms with Crippen molar-refractivity contribution in [3.8, 4) is 0 Å². The third-order valence-electron chi connectivity index (χ3n) is 1.65. The van der Waals surface area contributed by atoms with Crippen LogP contribution in [0.3, 0.4) is 0 Å². The van der Waals surface area contributed by atoms with E-state index < -0.39 is 4.92 Å². The molecule has 11 heavy (non-hydrogen) atoms. The van der Waals surface area contributed by atoms with Crippen LogP contribution in [-0.2, 0) is 7.05 Å². The van der Waals surface area contributed by atoms with Crippen molar-refractivity contribution in [3.05, 3.63) is 15.8 Å². The molecule has 0 saturated heterocycles. The van der Waals surface area contributed by atoms with Crippen molar-refractivity contribution < 1.29 is 4.92 Å². The number of hydrogen-bond acceptors (Lipinski definition) is 3. The molecular weight excluding hydrogens is 145 g/mol. The van der Waals surface area contributed by atoms with E-state index >= 15 is 0 Å². The molecule has 0 fully saturated rings. The van der Waals surface area contributed by atoms with Crippen LogP contribution in [-0.4, -0.2) is 22.6 Å². The monoisotopic (exact) mass is 153 g/mol. The van der Waals surface area contributed by atoms with Crippen molar-refractivity contribution in [1.29, 1.82) is 0 Å². The molecule has 0 spiro atoms. The number of hydrogen-bond donors (Lipinski definition) is 0. The Morgan fingerprint density at radius 2 is 2.27 bits per heavy atom. The first-order chi connectivity index (χ1) is 5.04. The molecule has 1 aromatic rings. The summed E-state index contributed by atoms with van der Waals surface area (Å²) in [7, 11) is 3.37. The van der Waals surface area contributed by atoms with Crippen molar-refractivity contribution in [2.45, 2.75) is 6.92 Å². The smallest absolute Gasteiger partial charge is 0.275 e. The average Bonchev–Trinajstić information content (AvgIpc) is 2.07. The van der Waals surface area contributed by atoms with Gasteiger partial charge in [-0.05, 0) is 6.92 Å². The van der Waals surface area contributed by atoms with Crippen LogP contribution in [0, 0.1) is 17.0 Å². The van der Waals surface area contributed by atoms with Gasteiger partial charge < -0.3 is 0 Å². The summed E-state index contributed by atoms with van der Waals surface area (Å²) >= 11 is 0. The normalized spacial score (nSPS) is 10.0.